The van der Waals surface area contributed by atoms with Crippen molar-refractivity contribution in [3.63, 3.8) is 0 Å². The van der Waals surface area contributed by atoms with Gasteiger partial charge in [0, 0.05) is 6.07 Å². The number of nitrogens with one attached hydrogen (secondary N) is 1. The fraction of sp³-hybridized carbons (Fsp3) is 0.444. The van der Waals surface area contributed by atoms with Crippen molar-refractivity contribution in [1.29, 1.82) is 0 Å². The quantitative estimate of drug-likeness (QED) is 0.670. The maximum Gasteiger partial charge on any atom is 0.254 e. The van der Waals surface area contributed by atoms with E-state index in [9.17, 15) is 10.0 Å². The number of hydrogen-bond donors (Lipinski definition) is 3. The highest BCUT2D eigenvalue weighted by Gasteiger charge is 2.58. The molecule has 2 aromatic heterocycles. The van der Waals surface area contributed by atoms with E-state index in [1.165, 1.54) is 12.7 Å². The molecule has 1 amide bonds. The van der Waals surface area contributed by atoms with Gasteiger partial charge in [0.05, 0.1) is 16.8 Å². The molecule has 0 saturated heterocycles. The number of nitrogen functional groups attached to an aromatic ring is 1. The second kappa shape index (κ2) is 5.06. The maximum absolute atomic E-state index is 12.7. The van der Waals surface area contributed by atoms with E-state index in [-0.39, 0.29) is 5.91 Å². The Bertz CT molecular complexity index is 1010. The highest BCUT2D eigenvalue weighted by molar-refractivity contribution is 6.01. The molecule has 2 saturated carbocycles. The van der Waals surface area contributed by atoms with Crippen LogP contribution in [-0.2, 0) is 5.54 Å². The van der Waals surface area contributed by atoms with Crippen LogP contribution >= 0.6 is 0 Å². The van der Waals surface area contributed by atoms with E-state index in [1.807, 2.05) is 6.92 Å². The van der Waals surface area contributed by atoms with Crippen molar-refractivity contribution in [2.75, 3.05) is 5.73 Å². The highest BCUT2D eigenvalue weighted by Crippen LogP contribution is 2.57. The number of fused-ring (bicyclic) bond motifs is 5. The number of aromatic nitrogens is 3. The number of carbonyl (C=O) groups excluding carboxylic acids is 1. The number of nitrogens with zero attached hydrogens (tertiary/aromatic N) is 4. The van der Waals surface area contributed by atoms with Crippen LogP contribution in [0.2, 0.25) is 0 Å². The monoisotopic (exact) mass is 352 g/mol. The predicted octanol–water partition coefficient (Wildman–Crippen LogP) is 1.40. The van der Waals surface area contributed by atoms with Crippen LogP contribution in [-0.4, -0.2) is 25.8 Å². The summed E-state index contributed by atoms with van der Waals surface area (Å²) in [6, 6.07) is 3.24. The summed E-state index contributed by atoms with van der Waals surface area (Å²) in [4.78, 5) is 25.0. The lowest BCUT2D eigenvalue weighted by atomic mass is 9.78. The molecule has 2 bridgehead atoms. The first kappa shape index (κ1) is 15.4. The Morgan fingerprint density at radius 1 is 1.38 bits per heavy atom. The molecule has 0 radical (unpaired) electrons. The third-order valence-corrected chi connectivity index (χ3v) is 6.14. The predicted molar refractivity (Wildman–Crippen MR) is 92.6 cm³/mol. The summed E-state index contributed by atoms with van der Waals surface area (Å²) >= 11 is 0. The van der Waals surface area contributed by atoms with E-state index in [0.29, 0.717) is 40.2 Å². The standard InChI is InChI=1S/C18H20N6O2/c1-9-4-14(22-13-6-12(19)20-8-21-13)24(26)16-15(9)17(25)23-18(16)7-10-2-3-11(18)5-10/h4,6,8,10-11,26H,2-3,5,7H2,1H3,(H,23,25)(H2,19,20,21). The van der Waals surface area contributed by atoms with Crippen molar-refractivity contribution in [1.82, 2.24) is 20.0 Å². The molecule has 8 heteroatoms. The van der Waals surface area contributed by atoms with Crippen LogP contribution < -0.4 is 16.5 Å². The molecule has 134 valence electrons. The van der Waals surface area contributed by atoms with E-state index in [4.69, 9.17) is 5.73 Å². The van der Waals surface area contributed by atoms with Gasteiger partial charge in [-0.05, 0) is 56.1 Å². The summed E-state index contributed by atoms with van der Waals surface area (Å²) in [6.45, 7) is 1.87. The average molecular weight is 352 g/mol. The van der Waals surface area contributed by atoms with E-state index in [2.05, 4.69) is 20.3 Å². The molecule has 3 atom stereocenters. The SMILES string of the molecule is Cc1cc(=Nc2cc(N)ncn2)n(O)c2c1C(=O)NC21CC2CCC1C2. The topological polar surface area (TPSA) is 118 Å². The highest BCUT2D eigenvalue weighted by atomic mass is 16.5. The third kappa shape index (κ3) is 1.95. The number of nitrogens with two attached hydrogens (primary N) is 1. The van der Waals surface area contributed by atoms with Crippen LogP contribution in [0.1, 0.15) is 47.3 Å². The van der Waals surface area contributed by atoms with Crippen molar-refractivity contribution in [2.24, 2.45) is 16.8 Å². The Morgan fingerprint density at radius 3 is 2.92 bits per heavy atom. The molecule has 1 aliphatic heterocycles. The molecule has 1 spiro atoms. The van der Waals surface area contributed by atoms with Gasteiger partial charge in [-0.25, -0.2) is 15.0 Å². The molecule has 26 heavy (non-hydrogen) atoms. The molecule has 3 heterocycles. The summed E-state index contributed by atoms with van der Waals surface area (Å²) in [6.07, 6.45) is 5.58. The van der Waals surface area contributed by atoms with Crippen LogP contribution in [0.25, 0.3) is 0 Å². The average Bonchev–Trinajstić information content (AvgIpc) is 3.26. The summed E-state index contributed by atoms with van der Waals surface area (Å²) in [5, 5.41) is 14.2. The van der Waals surface area contributed by atoms with Gasteiger partial charge in [-0.15, -0.1) is 0 Å². The smallest absolute Gasteiger partial charge is 0.254 e. The van der Waals surface area contributed by atoms with Crippen molar-refractivity contribution in [2.45, 2.75) is 38.1 Å². The minimum absolute atomic E-state index is 0.106. The number of rotatable bonds is 1. The van der Waals surface area contributed by atoms with Gasteiger partial charge in [0.2, 0.25) is 0 Å². The van der Waals surface area contributed by atoms with E-state index in [1.54, 1.807) is 12.1 Å². The molecule has 3 aliphatic rings. The Balaban J connectivity index is 1.75. The van der Waals surface area contributed by atoms with Gasteiger partial charge in [-0.3, -0.25) is 4.79 Å². The second-order valence-electron chi connectivity index (χ2n) is 7.64. The first-order valence-electron chi connectivity index (χ1n) is 8.89. The fourth-order valence-corrected chi connectivity index (χ4v) is 5.15. The van der Waals surface area contributed by atoms with Gasteiger partial charge < -0.3 is 16.3 Å². The largest absolute Gasteiger partial charge is 0.427 e. The molecular formula is C18H20N6O2. The van der Waals surface area contributed by atoms with E-state index in [0.717, 1.165) is 29.6 Å². The van der Waals surface area contributed by atoms with Gasteiger partial charge in [-0.1, -0.05) is 0 Å². The number of amides is 1. The molecular weight excluding hydrogens is 332 g/mol. The number of anilines is 1. The lowest BCUT2D eigenvalue weighted by molar-refractivity contribution is 0.0870. The van der Waals surface area contributed by atoms with Crippen LogP contribution in [0.3, 0.4) is 0 Å². The van der Waals surface area contributed by atoms with Crippen LogP contribution in [0.15, 0.2) is 23.5 Å². The van der Waals surface area contributed by atoms with E-state index >= 15 is 0 Å². The molecule has 3 unspecified atom stereocenters. The Labute approximate surface area is 149 Å². The number of carbonyl (C=O) groups is 1. The van der Waals surface area contributed by atoms with Crippen molar-refractivity contribution in [3.8, 4) is 0 Å². The first-order valence-corrected chi connectivity index (χ1v) is 8.89. The van der Waals surface area contributed by atoms with Gasteiger partial charge in [-0.2, -0.15) is 4.73 Å². The minimum Gasteiger partial charge on any atom is -0.427 e. The zero-order chi connectivity index (χ0) is 18.1. The third-order valence-electron chi connectivity index (χ3n) is 6.14. The van der Waals surface area contributed by atoms with Crippen LogP contribution in [0.4, 0.5) is 11.6 Å². The number of pyridine rings is 1. The maximum atomic E-state index is 12.7. The summed E-state index contributed by atoms with van der Waals surface area (Å²) < 4.78 is 1.07. The molecule has 5 rings (SSSR count). The lowest BCUT2D eigenvalue weighted by Gasteiger charge is -2.34. The fourth-order valence-electron chi connectivity index (χ4n) is 5.15. The first-order chi connectivity index (χ1) is 12.5. The van der Waals surface area contributed by atoms with Crippen molar-refractivity contribution in [3.05, 3.63) is 40.8 Å². The minimum atomic E-state index is -0.481. The zero-order valence-electron chi connectivity index (χ0n) is 14.4. The summed E-state index contributed by atoms with van der Waals surface area (Å²) in [7, 11) is 0. The lowest BCUT2D eigenvalue weighted by Crippen LogP contribution is -2.46. The molecule has 8 nitrogen and oxygen atoms in total. The molecule has 4 N–H and O–H groups in total. The van der Waals surface area contributed by atoms with Gasteiger partial charge in [0.15, 0.2) is 11.3 Å². The Morgan fingerprint density at radius 2 is 2.23 bits per heavy atom. The van der Waals surface area contributed by atoms with Crippen LogP contribution in [0.5, 0.6) is 0 Å². The normalized spacial score (nSPS) is 29.4. The summed E-state index contributed by atoms with van der Waals surface area (Å²) in [5.41, 5.74) is 7.55. The molecule has 0 aromatic carbocycles. The Hall–Kier alpha value is -2.90. The zero-order valence-corrected chi connectivity index (χ0v) is 14.4. The van der Waals surface area contributed by atoms with Gasteiger partial charge in [0.1, 0.15) is 12.1 Å². The number of hydrogen-bond acceptors (Lipinski definition) is 6. The molecule has 2 aliphatic carbocycles. The second-order valence-corrected chi connectivity index (χ2v) is 7.64. The van der Waals surface area contributed by atoms with Crippen molar-refractivity contribution < 1.29 is 10.0 Å². The molecule has 2 fully saturated rings. The van der Waals surface area contributed by atoms with E-state index < -0.39 is 5.54 Å². The van der Waals surface area contributed by atoms with Gasteiger partial charge in [0.25, 0.3) is 5.91 Å². The summed E-state index contributed by atoms with van der Waals surface area (Å²) in [5.74, 6) is 1.53. The van der Waals surface area contributed by atoms with Gasteiger partial charge >= 0.3 is 0 Å². The number of aryl methyl sites for hydroxylation is 1. The van der Waals surface area contributed by atoms with Crippen molar-refractivity contribution >= 4 is 17.5 Å². The Kier molecular flexibility index (Phi) is 2.99. The molecule has 2 aromatic rings. The van der Waals surface area contributed by atoms with Crippen LogP contribution in [0, 0.1) is 18.8 Å².